The van der Waals surface area contributed by atoms with Crippen molar-refractivity contribution in [2.45, 2.75) is 51.5 Å². The first-order valence-corrected chi connectivity index (χ1v) is 10.1. The Balaban J connectivity index is 1.89. The summed E-state index contributed by atoms with van der Waals surface area (Å²) in [4.78, 5) is 18.1. The van der Waals surface area contributed by atoms with Gasteiger partial charge in [0.2, 0.25) is 0 Å². The monoisotopic (exact) mass is 448 g/mol. The van der Waals surface area contributed by atoms with E-state index in [0.717, 1.165) is 4.88 Å². The number of halogens is 4. The molecule has 3 rings (SSSR count). The highest BCUT2D eigenvalue weighted by Gasteiger charge is 2.30. The summed E-state index contributed by atoms with van der Waals surface area (Å²) in [6.07, 6.45) is 3.86. The fraction of sp³-hybridized carbons (Fsp3) is 0.474. The van der Waals surface area contributed by atoms with Gasteiger partial charge in [0.05, 0.1) is 18.0 Å². The van der Waals surface area contributed by atoms with E-state index in [4.69, 9.17) is 0 Å². The Morgan fingerprint density at radius 3 is 2.37 bits per heavy atom. The van der Waals surface area contributed by atoms with E-state index in [9.17, 15) is 27.5 Å². The van der Waals surface area contributed by atoms with Crippen LogP contribution in [0.1, 0.15) is 30.6 Å². The first-order valence-electron chi connectivity index (χ1n) is 9.24. The molecular weight excluding hydrogens is 428 g/mol. The SMILES string of the molecule is O=C(O)C1CCC(N(Cc2cncs2)c2ccc(OC(F)F)c(OC(F)F)c2)CC1. The summed E-state index contributed by atoms with van der Waals surface area (Å²) in [5, 5.41) is 9.23. The molecule has 1 aromatic carbocycles. The lowest BCUT2D eigenvalue weighted by molar-refractivity contribution is -0.142. The molecular formula is C19H20F4N2O4S. The maximum Gasteiger partial charge on any atom is 0.387 e. The average Bonchev–Trinajstić information content (AvgIpc) is 3.20. The number of aliphatic carboxylic acids is 1. The summed E-state index contributed by atoms with van der Waals surface area (Å²) in [7, 11) is 0. The molecule has 30 heavy (non-hydrogen) atoms. The molecule has 0 saturated heterocycles. The van der Waals surface area contributed by atoms with Gasteiger partial charge in [-0.05, 0) is 37.8 Å². The number of alkyl halides is 4. The van der Waals surface area contributed by atoms with Crippen molar-refractivity contribution < 1.29 is 36.9 Å². The number of carboxylic acid groups (broad SMARTS) is 1. The van der Waals surface area contributed by atoms with Gasteiger partial charge in [0.1, 0.15) is 0 Å². The van der Waals surface area contributed by atoms with Gasteiger partial charge in [-0.15, -0.1) is 11.3 Å². The molecule has 1 fully saturated rings. The molecule has 0 radical (unpaired) electrons. The van der Waals surface area contributed by atoms with Crippen molar-refractivity contribution in [3.8, 4) is 11.5 Å². The molecule has 1 aliphatic carbocycles. The van der Waals surface area contributed by atoms with Gasteiger partial charge in [-0.25, -0.2) is 0 Å². The smallest absolute Gasteiger partial charge is 0.387 e. The second kappa shape index (κ2) is 9.96. The average molecular weight is 448 g/mol. The molecule has 0 bridgehead atoms. The molecule has 0 aliphatic heterocycles. The number of anilines is 1. The second-order valence-corrected chi connectivity index (χ2v) is 7.80. The summed E-state index contributed by atoms with van der Waals surface area (Å²) in [6.45, 7) is -5.98. The third-order valence-electron chi connectivity index (χ3n) is 4.99. The normalized spacial score (nSPS) is 19.1. The minimum absolute atomic E-state index is 0.0519. The number of benzene rings is 1. The molecule has 2 aromatic rings. The van der Waals surface area contributed by atoms with Crippen LogP contribution < -0.4 is 14.4 Å². The van der Waals surface area contributed by atoms with Crippen molar-refractivity contribution in [2.24, 2.45) is 5.92 Å². The Hall–Kier alpha value is -2.56. The number of hydrogen-bond donors (Lipinski definition) is 1. The number of aromatic nitrogens is 1. The number of rotatable bonds is 9. The van der Waals surface area contributed by atoms with Crippen LogP contribution in [0, 0.1) is 5.92 Å². The van der Waals surface area contributed by atoms with Crippen molar-refractivity contribution in [3.05, 3.63) is 34.8 Å². The first-order chi connectivity index (χ1) is 14.3. The van der Waals surface area contributed by atoms with E-state index < -0.39 is 36.6 Å². The Morgan fingerprint density at radius 2 is 1.80 bits per heavy atom. The lowest BCUT2D eigenvalue weighted by atomic mass is 9.85. The molecule has 1 aromatic heterocycles. The largest absolute Gasteiger partial charge is 0.481 e. The standard InChI is InChI=1S/C19H20F4N2O4S/c20-18(21)28-15-6-5-13(7-16(15)29-19(22)23)25(9-14-8-24-10-30-14)12-3-1-11(2-4-12)17(26)27/h5-8,10-12,18-19H,1-4,9H2,(H,26,27). The highest BCUT2D eigenvalue weighted by atomic mass is 32.1. The number of ether oxygens (including phenoxy) is 2. The van der Waals surface area contributed by atoms with Crippen LogP contribution in [-0.4, -0.2) is 35.3 Å². The van der Waals surface area contributed by atoms with Crippen LogP contribution in [0.2, 0.25) is 0 Å². The second-order valence-electron chi connectivity index (χ2n) is 6.83. The van der Waals surface area contributed by atoms with Crippen molar-refractivity contribution >= 4 is 23.0 Å². The van der Waals surface area contributed by atoms with E-state index in [1.54, 1.807) is 11.7 Å². The predicted octanol–water partition coefficient (Wildman–Crippen LogP) is 5.00. The van der Waals surface area contributed by atoms with E-state index in [0.29, 0.717) is 37.9 Å². The highest BCUT2D eigenvalue weighted by Crippen LogP contribution is 2.38. The van der Waals surface area contributed by atoms with Crippen LogP contribution in [0.4, 0.5) is 23.2 Å². The number of nitrogens with zero attached hydrogens (tertiary/aromatic N) is 2. The predicted molar refractivity (Wildman–Crippen MR) is 101 cm³/mol. The van der Waals surface area contributed by atoms with E-state index in [1.807, 2.05) is 4.90 Å². The van der Waals surface area contributed by atoms with Crippen LogP contribution in [0.3, 0.4) is 0 Å². The van der Waals surface area contributed by atoms with Gasteiger partial charge in [0.15, 0.2) is 11.5 Å². The molecule has 1 heterocycles. The Bertz CT molecular complexity index is 830. The fourth-order valence-electron chi connectivity index (χ4n) is 3.61. The summed E-state index contributed by atoms with van der Waals surface area (Å²) in [6, 6.07) is 3.86. The van der Waals surface area contributed by atoms with Crippen LogP contribution in [0.25, 0.3) is 0 Å². The van der Waals surface area contributed by atoms with Crippen LogP contribution >= 0.6 is 11.3 Å². The third-order valence-corrected chi connectivity index (χ3v) is 5.75. The zero-order chi connectivity index (χ0) is 21.7. The van der Waals surface area contributed by atoms with E-state index in [2.05, 4.69) is 14.5 Å². The van der Waals surface area contributed by atoms with E-state index >= 15 is 0 Å². The van der Waals surface area contributed by atoms with Crippen LogP contribution in [0.5, 0.6) is 11.5 Å². The highest BCUT2D eigenvalue weighted by molar-refractivity contribution is 7.09. The first kappa shape index (κ1) is 22.1. The van der Waals surface area contributed by atoms with Gasteiger partial charge in [-0.3, -0.25) is 9.78 Å². The van der Waals surface area contributed by atoms with Gasteiger partial charge >= 0.3 is 19.2 Å². The molecule has 0 amide bonds. The molecule has 1 aliphatic rings. The Labute approximate surface area is 174 Å². The molecule has 6 nitrogen and oxygen atoms in total. The molecule has 0 atom stereocenters. The number of carbonyl (C=O) groups is 1. The third kappa shape index (κ3) is 5.74. The summed E-state index contributed by atoms with van der Waals surface area (Å²) in [5.74, 6) is -2.22. The van der Waals surface area contributed by atoms with Gasteiger partial charge < -0.3 is 19.5 Å². The topological polar surface area (TPSA) is 71.9 Å². The number of carboxylic acids is 1. The van der Waals surface area contributed by atoms with Crippen LogP contribution in [0.15, 0.2) is 29.9 Å². The summed E-state index contributed by atoms with van der Waals surface area (Å²) >= 11 is 1.42. The van der Waals surface area contributed by atoms with Crippen molar-refractivity contribution in [1.29, 1.82) is 0 Å². The Morgan fingerprint density at radius 1 is 1.13 bits per heavy atom. The van der Waals surface area contributed by atoms with Gasteiger partial charge in [0, 0.05) is 28.9 Å². The lowest BCUT2D eigenvalue weighted by Crippen LogP contribution is -2.38. The molecule has 0 unspecified atom stereocenters. The van der Waals surface area contributed by atoms with Crippen molar-refractivity contribution in [1.82, 2.24) is 4.98 Å². The minimum Gasteiger partial charge on any atom is -0.481 e. The van der Waals surface area contributed by atoms with Crippen molar-refractivity contribution in [3.63, 3.8) is 0 Å². The molecule has 1 N–H and O–H groups in total. The van der Waals surface area contributed by atoms with Gasteiger partial charge in [0.25, 0.3) is 0 Å². The molecule has 164 valence electrons. The Kier molecular flexibility index (Phi) is 7.35. The van der Waals surface area contributed by atoms with Gasteiger partial charge in [-0.2, -0.15) is 17.6 Å². The maximum atomic E-state index is 12.8. The van der Waals surface area contributed by atoms with E-state index in [-0.39, 0.29) is 6.04 Å². The summed E-state index contributed by atoms with van der Waals surface area (Å²) < 4.78 is 59.5. The minimum atomic E-state index is -3.21. The quantitative estimate of drug-likeness (QED) is 0.545. The maximum absolute atomic E-state index is 12.8. The zero-order valence-electron chi connectivity index (χ0n) is 15.7. The van der Waals surface area contributed by atoms with E-state index in [1.165, 1.54) is 29.5 Å². The summed E-state index contributed by atoms with van der Waals surface area (Å²) in [5.41, 5.74) is 2.15. The molecule has 11 heteroatoms. The van der Waals surface area contributed by atoms with Gasteiger partial charge in [-0.1, -0.05) is 0 Å². The number of thiazole rings is 1. The fourth-order valence-corrected chi connectivity index (χ4v) is 4.20. The lowest BCUT2D eigenvalue weighted by Gasteiger charge is -2.37. The van der Waals surface area contributed by atoms with Crippen molar-refractivity contribution in [2.75, 3.05) is 4.90 Å². The van der Waals surface area contributed by atoms with Crippen LogP contribution in [-0.2, 0) is 11.3 Å². The molecule has 1 saturated carbocycles. The zero-order valence-corrected chi connectivity index (χ0v) is 16.5. The number of hydrogen-bond acceptors (Lipinski definition) is 6. The molecule has 0 spiro atoms.